The van der Waals surface area contributed by atoms with Gasteiger partial charge < -0.3 is 9.47 Å². The van der Waals surface area contributed by atoms with Crippen molar-refractivity contribution in [3.63, 3.8) is 0 Å². The summed E-state index contributed by atoms with van der Waals surface area (Å²) in [6.07, 6.45) is 32.4. The van der Waals surface area contributed by atoms with E-state index >= 15 is 0 Å². The molecule has 0 aliphatic carbocycles. The van der Waals surface area contributed by atoms with Crippen LogP contribution in [-0.2, 0) is 19.1 Å². The Kier molecular flexibility index (Phi) is 15.9. The third-order valence-electron chi connectivity index (χ3n) is 4.85. The number of carbonyl (C=O) groups is 2. The number of rotatable bonds is 16. The molecule has 1 rings (SSSR count). The highest BCUT2D eigenvalue weighted by molar-refractivity contribution is 6.01. The smallest absolute Gasteiger partial charge is 0.311 e. The quantitative estimate of drug-likeness (QED) is 0.178. The molecule has 0 bridgehead atoms. The lowest BCUT2D eigenvalue weighted by atomic mass is 10.2. The van der Waals surface area contributed by atoms with Gasteiger partial charge in [0, 0.05) is 6.42 Å². The molecular formula is C29H40O4. The monoisotopic (exact) mass is 452 g/mol. The molecule has 0 radical (unpaired) electrons. The number of ketones is 1. The second kappa shape index (κ2) is 18.7. The number of Topliss-reactive ketones (excluding diaryl/α,β-unsaturated/α-hetero) is 1. The summed E-state index contributed by atoms with van der Waals surface area (Å²) in [5, 5.41) is 0. The van der Waals surface area contributed by atoms with Crippen molar-refractivity contribution < 1.29 is 19.1 Å². The van der Waals surface area contributed by atoms with Gasteiger partial charge in [0.1, 0.15) is 5.76 Å². The summed E-state index contributed by atoms with van der Waals surface area (Å²) in [7, 11) is 0. The molecule has 1 aliphatic rings. The second-order valence-electron chi connectivity index (χ2n) is 7.69. The molecular weight excluding hydrogens is 412 g/mol. The van der Waals surface area contributed by atoms with Crippen LogP contribution in [-0.4, -0.2) is 17.9 Å². The van der Waals surface area contributed by atoms with Crippen molar-refractivity contribution in [2.75, 3.05) is 0 Å². The van der Waals surface area contributed by atoms with Gasteiger partial charge in [0.05, 0.1) is 0 Å². The Morgan fingerprint density at radius 1 is 0.788 bits per heavy atom. The topological polar surface area (TPSA) is 52.6 Å². The van der Waals surface area contributed by atoms with Crippen LogP contribution < -0.4 is 0 Å². The summed E-state index contributed by atoms with van der Waals surface area (Å²) in [5.41, 5.74) is 0. The minimum atomic E-state index is -0.517. The molecule has 0 fully saturated rings. The van der Waals surface area contributed by atoms with Gasteiger partial charge in [0.2, 0.25) is 11.5 Å². The zero-order valence-electron chi connectivity index (χ0n) is 20.5. The van der Waals surface area contributed by atoms with Crippen LogP contribution in [0.3, 0.4) is 0 Å². The van der Waals surface area contributed by atoms with Crippen molar-refractivity contribution in [2.45, 2.75) is 84.7 Å². The van der Waals surface area contributed by atoms with Crippen molar-refractivity contribution in [3.8, 4) is 0 Å². The van der Waals surface area contributed by atoms with E-state index in [4.69, 9.17) is 9.47 Å². The summed E-state index contributed by atoms with van der Waals surface area (Å²) in [5.74, 6) is -0.182. The highest BCUT2D eigenvalue weighted by Gasteiger charge is 2.34. The van der Waals surface area contributed by atoms with E-state index in [1.165, 1.54) is 0 Å². The van der Waals surface area contributed by atoms with Crippen LogP contribution in [0.1, 0.15) is 78.6 Å². The van der Waals surface area contributed by atoms with Crippen molar-refractivity contribution in [3.05, 3.63) is 84.4 Å². The molecule has 0 N–H and O–H groups in total. The summed E-state index contributed by atoms with van der Waals surface area (Å²) < 4.78 is 10.6. The first-order valence-electron chi connectivity index (χ1n) is 12.1. The highest BCUT2D eigenvalue weighted by Crippen LogP contribution is 2.24. The van der Waals surface area contributed by atoms with Gasteiger partial charge in [-0.05, 0) is 58.3 Å². The molecule has 0 amide bonds. The third kappa shape index (κ3) is 13.3. The van der Waals surface area contributed by atoms with Crippen LogP contribution in [0.15, 0.2) is 84.4 Å². The molecule has 1 unspecified atom stereocenters. The Balaban J connectivity index is 2.06. The molecule has 0 aromatic heterocycles. The number of esters is 1. The lowest BCUT2D eigenvalue weighted by molar-refractivity contribution is -0.142. The van der Waals surface area contributed by atoms with Gasteiger partial charge in [-0.25, -0.2) is 0 Å². The zero-order chi connectivity index (χ0) is 24.2. The van der Waals surface area contributed by atoms with Crippen LogP contribution >= 0.6 is 0 Å². The summed E-state index contributed by atoms with van der Waals surface area (Å²) in [6, 6.07) is 0. The Morgan fingerprint density at radius 3 is 1.67 bits per heavy atom. The van der Waals surface area contributed by atoms with Gasteiger partial charge >= 0.3 is 5.97 Å². The van der Waals surface area contributed by atoms with E-state index in [9.17, 15) is 9.59 Å². The maximum atomic E-state index is 12.0. The molecule has 1 aliphatic heterocycles. The van der Waals surface area contributed by atoms with E-state index in [0.717, 1.165) is 38.5 Å². The van der Waals surface area contributed by atoms with Crippen molar-refractivity contribution in [1.82, 2.24) is 0 Å². The lowest BCUT2D eigenvalue weighted by Crippen LogP contribution is -2.19. The molecule has 1 heterocycles. The van der Waals surface area contributed by atoms with Crippen molar-refractivity contribution in [2.24, 2.45) is 0 Å². The minimum Gasteiger partial charge on any atom is -0.483 e. The average Bonchev–Trinajstić information content (AvgIpc) is 3.08. The maximum absolute atomic E-state index is 12.0. The van der Waals surface area contributed by atoms with Gasteiger partial charge in [-0.1, -0.05) is 86.8 Å². The molecule has 0 aromatic rings. The van der Waals surface area contributed by atoms with E-state index in [1.54, 1.807) is 6.92 Å². The van der Waals surface area contributed by atoms with Gasteiger partial charge in [-0.15, -0.1) is 0 Å². The predicted molar refractivity (Wildman–Crippen MR) is 136 cm³/mol. The van der Waals surface area contributed by atoms with E-state index in [1.807, 2.05) is 19.1 Å². The van der Waals surface area contributed by atoms with Gasteiger partial charge in [0.25, 0.3) is 0 Å². The van der Waals surface area contributed by atoms with E-state index in [0.29, 0.717) is 18.6 Å². The standard InChI is InChI=1S/C29H40O4/c1-4-6-7-8-9-10-11-12-13-14-15-16-17-18-19-20-21-22-23-24-27(30)33-29-25(3)32-26(5-2)28(29)31/h6-7,9-10,12-13,15-16,18-19,21-22,26H,4-5,8,11,14,17,20,23-24H2,1-3H3/b7-6+,10-9+,13-12+,16-15+,19-18+,22-21+. The minimum absolute atomic E-state index is 0.0645. The molecule has 4 nitrogen and oxygen atoms in total. The first-order valence-corrected chi connectivity index (χ1v) is 12.1. The fourth-order valence-electron chi connectivity index (χ4n) is 3.04. The molecule has 4 heteroatoms. The SMILES string of the molecule is CC/C=C/C/C=C/C/C=C/C/C=C/C/C=C/C/C=C/CCC(=O)OC1=C(C)OC(CC)C1=O. The van der Waals surface area contributed by atoms with Gasteiger partial charge in [-0.3, -0.25) is 9.59 Å². The number of hydrogen-bond acceptors (Lipinski definition) is 4. The fraction of sp³-hybridized carbons (Fsp3) is 0.448. The van der Waals surface area contributed by atoms with Gasteiger partial charge in [0.15, 0.2) is 6.10 Å². The molecule has 0 saturated carbocycles. The largest absolute Gasteiger partial charge is 0.483 e. The molecule has 33 heavy (non-hydrogen) atoms. The van der Waals surface area contributed by atoms with Crippen molar-refractivity contribution in [1.29, 1.82) is 0 Å². The highest BCUT2D eigenvalue weighted by atomic mass is 16.6. The lowest BCUT2D eigenvalue weighted by Gasteiger charge is -2.05. The first-order chi connectivity index (χ1) is 16.1. The van der Waals surface area contributed by atoms with E-state index in [-0.39, 0.29) is 18.0 Å². The molecule has 0 spiro atoms. The van der Waals surface area contributed by atoms with Crippen molar-refractivity contribution >= 4 is 11.8 Å². The first kappa shape index (κ1) is 28.2. The second-order valence-corrected chi connectivity index (χ2v) is 7.69. The van der Waals surface area contributed by atoms with Crippen LogP contribution in [0.4, 0.5) is 0 Å². The third-order valence-corrected chi connectivity index (χ3v) is 4.85. The zero-order valence-corrected chi connectivity index (χ0v) is 20.5. The Hall–Kier alpha value is -2.88. The van der Waals surface area contributed by atoms with Gasteiger partial charge in [-0.2, -0.15) is 0 Å². The normalized spacial score (nSPS) is 17.3. The van der Waals surface area contributed by atoms with E-state index < -0.39 is 12.1 Å². The van der Waals surface area contributed by atoms with Crippen LogP contribution in [0.25, 0.3) is 0 Å². The van der Waals surface area contributed by atoms with Crippen LogP contribution in [0, 0.1) is 0 Å². The Labute approximate surface area is 200 Å². The fourth-order valence-corrected chi connectivity index (χ4v) is 3.04. The van der Waals surface area contributed by atoms with Crippen LogP contribution in [0.2, 0.25) is 0 Å². The Bertz CT molecular complexity index is 790. The average molecular weight is 453 g/mol. The number of carbonyl (C=O) groups excluding carboxylic acids is 2. The summed E-state index contributed by atoms with van der Waals surface area (Å²) >= 11 is 0. The molecule has 1 atom stereocenters. The number of ether oxygens (including phenoxy) is 2. The Morgan fingerprint density at radius 2 is 1.24 bits per heavy atom. The number of allylic oxidation sites excluding steroid dienone is 13. The molecule has 180 valence electrons. The van der Waals surface area contributed by atoms with Crippen LogP contribution in [0.5, 0.6) is 0 Å². The molecule has 0 saturated heterocycles. The summed E-state index contributed by atoms with van der Waals surface area (Å²) in [6.45, 7) is 5.66. The predicted octanol–water partition coefficient (Wildman–Crippen LogP) is 7.62. The molecule has 0 aromatic carbocycles. The summed E-state index contributed by atoms with van der Waals surface area (Å²) in [4.78, 5) is 24.0. The van der Waals surface area contributed by atoms with E-state index in [2.05, 4.69) is 67.7 Å². The number of hydrogen-bond donors (Lipinski definition) is 0. The maximum Gasteiger partial charge on any atom is 0.311 e.